The number of nitrogens with two attached hydrogens (primary N) is 1. The summed E-state index contributed by atoms with van der Waals surface area (Å²) in [6, 6.07) is 0. The van der Waals surface area contributed by atoms with Gasteiger partial charge in [0.15, 0.2) is 0 Å². The molecule has 0 bridgehead atoms. The van der Waals surface area contributed by atoms with Gasteiger partial charge in [-0.2, -0.15) is 5.90 Å². The zero-order valence-corrected chi connectivity index (χ0v) is 4.01. The molecule has 0 radical (unpaired) electrons. The molecule has 0 aromatic carbocycles. The quantitative estimate of drug-likeness (QED) is 0.359. The fraction of sp³-hybridized carbons (Fsp3) is 0.667. The van der Waals surface area contributed by atoms with Gasteiger partial charge in [0, 0.05) is 7.11 Å². The topological polar surface area (TPSA) is 61.5 Å². The van der Waals surface area contributed by atoms with E-state index in [4.69, 9.17) is 0 Å². The molecule has 9 heavy (non-hydrogen) atoms. The van der Waals surface area contributed by atoms with Crippen LogP contribution in [0, 0.1) is 0 Å². The standard InChI is InChI=1S/C3H7NO3.2Na.2H/c1-6-2-3(5)7-4;;;;/h2,4H2,1H3;;;;. The summed E-state index contributed by atoms with van der Waals surface area (Å²) in [5.74, 6) is 3.86. The monoisotopic (exact) mass is 153 g/mol. The minimum absolute atomic E-state index is 0. The maximum absolute atomic E-state index is 9.94. The summed E-state index contributed by atoms with van der Waals surface area (Å²) in [5.41, 5.74) is 0. The van der Waals surface area contributed by atoms with E-state index in [1.807, 2.05) is 0 Å². The molecule has 46 valence electrons. The molecule has 0 amide bonds. The van der Waals surface area contributed by atoms with Gasteiger partial charge in [-0.15, -0.1) is 0 Å². The molecular formula is C3H9NNa2O3. The number of carbonyl (C=O) groups is 1. The molecule has 4 nitrogen and oxygen atoms in total. The zero-order chi connectivity index (χ0) is 5.70. The van der Waals surface area contributed by atoms with Crippen LogP contribution in [0.2, 0.25) is 0 Å². The van der Waals surface area contributed by atoms with Gasteiger partial charge >= 0.3 is 65.1 Å². The summed E-state index contributed by atoms with van der Waals surface area (Å²) in [6.07, 6.45) is 0. The molecule has 0 saturated heterocycles. The second-order valence-corrected chi connectivity index (χ2v) is 0.923. The van der Waals surface area contributed by atoms with Crippen molar-refractivity contribution < 1.29 is 14.4 Å². The van der Waals surface area contributed by atoms with E-state index in [2.05, 4.69) is 15.5 Å². The predicted molar refractivity (Wildman–Crippen MR) is 36.5 cm³/mol. The summed E-state index contributed by atoms with van der Waals surface area (Å²) >= 11 is 0. The Morgan fingerprint density at radius 2 is 2.00 bits per heavy atom. The van der Waals surface area contributed by atoms with Crippen molar-refractivity contribution in [2.24, 2.45) is 5.90 Å². The Hall–Kier alpha value is 1.39. The van der Waals surface area contributed by atoms with E-state index >= 15 is 0 Å². The first-order valence-corrected chi connectivity index (χ1v) is 1.69. The molecule has 0 unspecified atom stereocenters. The van der Waals surface area contributed by atoms with Crippen LogP contribution in [0.5, 0.6) is 0 Å². The second kappa shape index (κ2) is 12.1. The Labute approximate surface area is 98.0 Å². The third kappa shape index (κ3) is 12.6. The molecule has 6 heteroatoms. The van der Waals surface area contributed by atoms with Crippen LogP contribution in [0.3, 0.4) is 0 Å². The molecule has 0 aliphatic carbocycles. The fourth-order valence-electron chi connectivity index (χ4n) is 0.152. The van der Waals surface area contributed by atoms with Gasteiger partial charge in [0.1, 0.15) is 6.61 Å². The van der Waals surface area contributed by atoms with Crippen molar-refractivity contribution in [3.63, 3.8) is 0 Å². The minimum atomic E-state index is -0.567. The molecule has 0 aliphatic heterocycles. The second-order valence-electron chi connectivity index (χ2n) is 0.923. The van der Waals surface area contributed by atoms with Crippen LogP contribution in [0.25, 0.3) is 0 Å². The van der Waals surface area contributed by atoms with Crippen LogP contribution in [-0.2, 0) is 14.4 Å². The van der Waals surface area contributed by atoms with Crippen LogP contribution in [0.15, 0.2) is 0 Å². The number of methoxy groups -OCH3 is 1. The fourth-order valence-corrected chi connectivity index (χ4v) is 0.152. The van der Waals surface area contributed by atoms with Gasteiger partial charge in [-0.1, -0.05) is 0 Å². The molecule has 0 aliphatic rings. The molecule has 0 spiro atoms. The number of hydrogen-bond acceptors (Lipinski definition) is 4. The van der Waals surface area contributed by atoms with Crippen LogP contribution in [0.4, 0.5) is 0 Å². The van der Waals surface area contributed by atoms with Crippen molar-refractivity contribution in [1.82, 2.24) is 0 Å². The van der Waals surface area contributed by atoms with E-state index < -0.39 is 5.97 Å². The van der Waals surface area contributed by atoms with E-state index in [1.165, 1.54) is 7.11 Å². The summed E-state index contributed by atoms with van der Waals surface area (Å²) in [6.45, 7) is -0.0868. The normalized spacial score (nSPS) is 6.44. The summed E-state index contributed by atoms with van der Waals surface area (Å²) in [4.78, 5) is 13.7. The van der Waals surface area contributed by atoms with Gasteiger partial charge in [-0.3, -0.25) is 0 Å². The predicted octanol–water partition coefficient (Wildman–Crippen LogP) is -2.25. The third-order valence-corrected chi connectivity index (χ3v) is 0.394. The van der Waals surface area contributed by atoms with Crippen molar-refractivity contribution in [3.05, 3.63) is 0 Å². The van der Waals surface area contributed by atoms with Crippen molar-refractivity contribution in [1.29, 1.82) is 0 Å². The summed E-state index contributed by atoms with van der Waals surface area (Å²) < 4.78 is 4.34. The molecule has 2 N–H and O–H groups in total. The molecular weight excluding hydrogens is 144 g/mol. The number of carbonyl (C=O) groups excluding carboxylic acids is 1. The van der Waals surface area contributed by atoms with Crippen molar-refractivity contribution in [3.8, 4) is 0 Å². The number of hydrogen-bond donors (Lipinski definition) is 1. The maximum atomic E-state index is 9.94. The number of rotatable bonds is 2. The molecule has 0 fully saturated rings. The van der Waals surface area contributed by atoms with Crippen LogP contribution in [0.1, 0.15) is 0 Å². The Morgan fingerprint density at radius 1 is 1.56 bits per heavy atom. The van der Waals surface area contributed by atoms with E-state index in [0.29, 0.717) is 0 Å². The van der Waals surface area contributed by atoms with Gasteiger partial charge < -0.3 is 9.57 Å². The SMILES string of the molecule is COCC(=O)ON.[NaH].[NaH]. The Bertz CT molecular complexity index is 70.1. The molecule has 0 saturated carbocycles. The molecule has 0 aromatic heterocycles. The molecule has 0 aromatic rings. The summed E-state index contributed by atoms with van der Waals surface area (Å²) in [5, 5.41) is 0. The first kappa shape index (κ1) is 16.8. The van der Waals surface area contributed by atoms with Gasteiger partial charge in [-0.05, 0) is 0 Å². The van der Waals surface area contributed by atoms with E-state index in [1.54, 1.807) is 0 Å². The van der Waals surface area contributed by atoms with Gasteiger partial charge in [0.05, 0.1) is 0 Å². The van der Waals surface area contributed by atoms with Crippen molar-refractivity contribution >= 4 is 65.1 Å². The Balaban J connectivity index is -0.000000180. The third-order valence-electron chi connectivity index (χ3n) is 0.394. The molecule has 0 heterocycles. The Morgan fingerprint density at radius 3 is 2.11 bits per heavy atom. The van der Waals surface area contributed by atoms with Crippen LogP contribution in [-0.4, -0.2) is 78.8 Å². The average Bonchev–Trinajstić information content (AvgIpc) is 1.68. The first-order valence-electron chi connectivity index (χ1n) is 1.69. The van der Waals surface area contributed by atoms with Gasteiger partial charge in [0.25, 0.3) is 0 Å². The van der Waals surface area contributed by atoms with Crippen LogP contribution < -0.4 is 5.90 Å². The van der Waals surface area contributed by atoms with Gasteiger partial charge in [0.2, 0.25) is 0 Å². The van der Waals surface area contributed by atoms with E-state index in [-0.39, 0.29) is 65.7 Å². The zero-order valence-electron chi connectivity index (χ0n) is 4.01. The van der Waals surface area contributed by atoms with Crippen LogP contribution >= 0.6 is 0 Å². The van der Waals surface area contributed by atoms with Crippen molar-refractivity contribution in [2.75, 3.05) is 13.7 Å². The van der Waals surface area contributed by atoms with E-state index in [9.17, 15) is 4.79 Å². The Kier molecular flexibility index (Phi) is 22.6. The molecule has 0 rings (SSSR count). The first-order chi connectivity index (χ1) is 3.31. The summed E-state index contributed by atoms with van der Waals surface area (Å²) in [7, 11) is 1.39. The number of ether oxygens (including phenoxy) is 1. The van der Waals surface area contributed by atoms with Gasteiger partial charge in [-0.25, -0.2) is 4.79 Å². The average molecular weight is 153 g/mol. The van der Waals surface area contributed by atoms with E-state index in [0.717, 1.165) is 0 Å². The molecule has 0 atom stereocenters. The van der Waals surface area contributed by atoms with Crippen molar-refractivity contribution in [2.45, 2.75) is 0 Å².